The Hall–Kier alpha value is -2.13. The standard InChI is InChI=1S/C14H24N6O2S/c1-3-9-20(10-4-2)23(21,22)12-7-5-11(6-8-12)18-14(17)19-13(15)16/h5-8H,3-4,9-10H2,1-2H3,(H6,15,16,17,18,19). The Morgan fingerprint density at radius 2 is 1.57 bits per heavy atom. The van der Waals surface area contributed by atoms with Crippen LogP contribution in [0.25, 0.3) is 0 Å². The molecule has 0 aliphatic heterocycles. The average molecular weight is 340 g/mol. The number of guanidine groups is 2. The quantitative estimate of drug-likeness (QED) is 0.495. The molecule has 9 heteroatoms. The van der Waals surface area contributed by atoms with Crippen molar-refractivity contribution in [2.45, 2.75) is 31.6 Å². The fraction of sp³-hybridized carbons (Fsp3) is 0.429. The number of nitrogens with two attached hydrogens (primary N) is 3. The van der Waals surface area contributed by atoms with E-state index in [1.807, 2.05) is 13.8 Å². The number of aliphatic imine (C=N–C) groups is 2. The predicted octanol–water partition coefficient (Wildman–Crippen LogP) is 0.717. The van der Waals surface area contributed by atoms with Gasteiger partial charge in [-0.05, 0) is 37.1 Å². The van der Waals surface area contributed by atoms with Crippen molar-refractivity contribution in [3.8, 4) is 0 Å². The second-order valence-electron chi connectivity index (χ2n) is 4.90. The Labute approximate surface area is 137 Å². The lowest BCUT2D eigenvalue weighted by molar-refractivity contribution is 0.410. The summed E-state index contributed by atoms with van der Waals surface area (Å²) in [5.41, 5.74) is 16.4. The number of rotatable bonds is 7. The zero-order valence-electron chi connectivity index (χ0n) is 13.4. The van der Waals surface area contributed by atoms with Crippen LogP contribution in [0.1, 0.15) is 26.7 Å². The van der Waals surface area contributed by atoms with Crippen molar-refractivity contribution in [2.24, 2.45) is 27.2 Å². The molecule has 6 N–H and O–H groups in total. The summed E-state index contributed by atoms with van der Waals surface area (Å²) in [5, 5.41) is 0. The molecular formula is C14H24N6O2S. The van der Waals surface area contributed by atoms with Crippen LogP contribution in [0.5, 0.6) is 0 Å². The largest absolute Gasteiger partial charge is 0.370 e. The van der Waals surface area contributed by atoms with Gasteiger partial charge in [0.2, 0.25) is 16.0 Å². The Morgan fingerprint density at radius 3 is 2.00 bits per heavy atom. The normalized spacial score (nSPS) is 12.4. The van der Waals surface area contributed by atoms with Gasteiger partial charge in [-0.25, -0.2) is 13.4 Å². The number of hydrogen-bond donors (Lipinski definition) is 3. The van der Waals surface area contributed by atoms with Gasteiger partial charge in [0.15, 0.2) is 5.96 Å². The number of hydrogen-bond acceptors (Lipinski definition) is 3. The lowest BCUT2D eigenvalue weighted by Crippen LogP contribution is -2.32. The number of sulfonamides is 1. The van der Waals surface area contributed by atoms with Gasteiger partial charge in [0.25, 0.3) is 0 Å². The molecule has 0 saturated heterocycles. The van der Waals surface area contributed by atoms with Crippen LogP contribution >= 0.6 is 0 Å². The molecule has 0 radical (unpaired) electrons. The van der Waals surface area contributed by atoms with Crippen LogP contribution in [0, 0.1) is 0 Å². The molecule has 0 unspecified atom stereocenters. The minimum absolute atomic E-state index is 0.0980. The summed E-state index contributed by atoms with van der Waals surface area (Å²) < 4.78 is 26.7. The molecule has 0 aromatic heterocycles. The van der Waals surface area contributed by atoms with Gasteiger partial charge in [0.1, 0.15) is 0 Å². The van der Waals surface area contributed by atoms with Gasteiger partial charge in [-0.3, -0.25) is 0 Å². The lowest BCUT2D eigenvalue weighted by Gasteiger charge is -2.20. The summed E-state index contributed by atoms with van der Waals surface area (Å²) in [5.74, 6) is -0.292. The summed E-state index contributed by atoms with van der Waals surface area (Å²) in [6.07, 6.45) is 1.52. The van der Waals surface area contributed by atoms with E-state index < -0.39 is 10.0 Å². The van der Waals surface area contributed by atoms with Gasteiger partial charge in [-0.2, -0.15) is 9.30 Å². The second-order valence-corrected chi connectivity index (χ2v) is 6.84. The van der Waals surface area contributed by atoms with Crippen molar-refractivity contribution in [1.82, 2.24) is 4.31 Å². The minimum atomic E-state index is -3.50. The van der Waals surface area contributed by atoms with Crippen molar-refractivity contribution < 1.29 is 8.42 Å². The van der Waals surface area contributed by atoms with Gasteiger partial charge < -0.3 is 17.2 Å². The van der Waals surface area contributed by atoms with Crippen LogP contribution in [0.3, 0.4) is 0 Å². The molecule has 1 aromatic carbocycles. The van der Waals surface area contributed by atoms with E-state index in [0.29, 0.717) is 18.8 Å². The molecule has 23 heavy (non-hydrogen) atoms. The summed E-state index contributed by atoms with van der Waals surface area (Å²) in [4.78, 5) is 7.79. The van der Waals surface area contributed by atoms with Crippen molar-refractivity contribution in [2.75, 3.05) is 13.1 Å². The number of nitrogens with zero attached hydrogens (tertiary/aromatic N) is 3. The predicted molar refractivity (Wildman–Crippen MR) is 92.9 cm³/mol. The first kappa shape index (κ1) is 18.9. The zero-order chi connectivity index (χ0) is 17.5. The maximum absolute atomic E-state index is 12.6. The Kier molecular flexibility index (Phi) is 6.98. The Morgan fingerprint density at radius 1 is 1.04 bits per heavy atom. The van der Waals surface area contributed by atoms with E-state index in [2.05, 4.69) is 9.98 Å². The monoisotopic (exact) mass is 340 g/mol. The topological polar surface area (TPSA) is 140 Å². The van der Waals surface area contributed by atoms with Gasteiger partial charge >= 0.3 is 0 Å². The summed E-state index contributed by atoms with van der Waals surface area (Å²) in [7, 11) is -3.50. The molecule has 0 aliphatic carbocycles. The van der Waals surface area contributed by atoms with E-state index in [1.165, 1.54) is 16.4 Å². The van der Waals surface area contributed by atoms with Crippen molar-refractivity contribution >= 4 is 27.6 Å². The molecular weight excluding hydrogens is 316 g/mol. The summed E-state index contributed by atoms with van der Waals surface area (Å²) in [6.45, 7) is 4.88. The van der Waals surface area contributed by atoms with Crippen molar-refractivity contribution in [3.05, 3.63) is 24.3 Å². The van der Waals surface area contributed by atoms with Crippen molar-refractivity contribution in [3.63, 3.8) is 0 Å². The van der Waals surface area contributed by atoms with E-state index in [0.717, 1.165) is 12.8 Å². The molecule has 0 bridgehead atoms. The molecule has 0 aliphatic rings. The van der Waals surface area contributed by atoms with Crippen molar-refractivity contribution in [1.29, 1.82) is 0 Å². The zero-order valence-corrected chi connectivity index (χ0v) is 14.3. The smallest absolute Gasteiger partial charge is 0.243 e. The molecule has 0 amide bonds. The average Bonchev–Trinajstić information content (AvgIpc) is 2.46. The van der Waals surface area contributed by atoms with Gasteiger partial charge in [0, 0.05) is 13.1 Å². The maximum Gasteiger partial charge on any atom is 0.243 e. The third-order valence-electron chi connectivity index (χ3n) is 2.91. The first-order valence-corrected chi connectivity index (χ1v) is 8.79. The highest BCUT2D eigenvalue weighted by Gasteiger charge is 2.22. The highest BCUT2D eigenvalue weighted by molar-refractivity contribution is 7.89. The lowest BCUT2D eigenvalue weighted by atomic mass is 10.3. The number of benzene rings is 1. The summed E-state index contributed by atoms with van der Waals surface area (Å²) in [6, 6.07) is 6.10. The third kappa shape index (κ3) is 5.53. The van der Waals surface area contributed by atoms with Crippen LogP contribution < -0.4 is 17.2 Å². The van der Waals surface area contributed by atoms with E-state index in [4.69, 9.17) is 17.2 Å². The fourth-order valence-electron chi connectivity index (χ4n) is 1.98. The molecule has 0 heterocycles. The van der Waals surface area contributed by atoms with E-state index in [1.54, 1.807) is 12.1 Å². The SMILES string of the molecule is CCCN(CCC)S(=O)(=O)c1ccc(N=C(N)N=C(N)N)cc1. The Bertz CT molecular complexity index is 657. The third-order valence-corrected chi connectivity index (χ3v) is 4.82. The second kappa shape index (κ2) is 8.49. The first-order valence-electron chi connectivity index (χ1n) is 7.35. The van der Waals surface area contributed by atoms with Crippen LogP contribution in [-0.4, -0.2) is 37.7 Å². The highest BCUT2D eigenvalue weighted by Crippen LogP contribution is 2.20. The molecule has 128 valence electrons. The van der Waals surface area contributed by atoms with Gasteiger partial charge in [0.05, 0.1) is 10.6 Å². The Balaban J connectivity index is 3.05. The maximum atomic E-state index is 12.6. The summed E-state index contributed by atoms with van der Waals surface area (Å²) >= 11 is 0. The molecule has 0 saturated carbocycles. The molecule has 8 nitrogen and oxygen atoms in total. The molecule has 0 fully saturated rings. The van der Waals surface area contributed by atoms with E-state index in [9.17, 15) is 8.42 Å². The van der Waals surface area contributed by atoms with E-state index in [-0.39, 0.29) is 16.8 Å². The minimum Gasteiger partial charge on any atom is -0.370 e. The van der Waals surface area contributed by atoms with Gasteiger partial charge in [-0.15, -0.1) is 0 Å². The molecule has 0 atom stereocenters. The fourth-order valence-corrected chi connectivity index (χ4v) is 3.61. The highest BCUT2D eigenvalue weighted by atomic mass is 32.2. The van der Waals surface area contributed by atoms with E-state index >= 15 is 0 Å². The van der Waals surface area contributed by atoms with Crippen LogP contribution in [-0.2, 0) is 10.0 Å². The molecule has 1 aromatic rings. The molecule has 0 spiro atoms. The van der Waals surface area contributed by atoms with Gasteiger partial charge in [-0.1, -0.05) is 13.8 Å². The molecule has 1 rings (SSSR count). The van der Waals surface area contributed by atoms with Crippen LogP contribution in [0.2, 0.25) is 0 Å². The van der Waals surface area contributed by atoms with Crippen LogP contribution in [0.4, 0.5) is 5.69 Å². The first-order chi connectivity index (χ1) is 10.8. The van der Waals surface area contributed by atoms with Crippen LogP contribution in [0.15, 0.2) is 39.1 Å².